The van der Waals surface area contributed by atoms with E-state index >= 15 is 0 Å². The number of nitrogens with zero attached hydrogens (tertiary/aromatic N) is 4. The van der Waals surface area contributed by atoms with Gasteiger partial charge >= 0.3 is 0 Å². The standard InChI is InChI=1S/C19H15F3N4O/c1-10-17(13-5-4-11(20)8-16(13)27-3)19(25(2)24-10)26-9-23-15-7-12(21)6-14(22)18(15)26/h4-9H,1-3H3. The highest BCUT2D eigenvalue weighted by molar-refractivity contribution is 5.83. The van der Waals surface area contributed by atoms with Crippen LogP contribution in [0.5, 0.6) is 5.75 Å². The number of hydrogen-bond acceptors (Lipinski definition) is 3. The van der Waals surface area contributed by atoms with Gasteiger partial charge in [0.15, 0.2) is 5.82 Å². The van der Waals surface area contributed by atoms with Crippen LogP contribution in [-0.4, -0.2) is 26.4 Å². The molecule has 0 aliphatic rings. The lowest BCUT2D eigenvalue weighted by atomic mass is 10.0. The molecule has 0 aliphatic carbocycles. The first kappa shape index (κ1) is 17.1. The van der Waals surface area contributed by atoms with Crippen molar-refractivity contribution < 1.29 is 17.9 Å². The zero-order valence-corrected chi connectivity index (χ0v) is 14.8. The number of methoxy groups -OCH3 is 1. The van der Waals surface area contributed by atoms with Crippen molar-refractivity contribution in [2.24, 2.45) is 7.05 Å². The molecule has 2 heterocycles. The Hall–Kier alpha value is -3.29. The van der Waals surface area contributed by atoms with Crippen molar-refractivity contribution in [2.75, 3.05) is 7.11 Å². The maximum absolute atomic E-state index is 14.5. The van der Waals surface area contributed by atoms with Gasteiger partial charge in [-0.25, -0.2) is 18.2 Å². The number of halogens is 3. The normalized spacial score (nSPS) is 11.3. The van der Waals surface area contributed by atoms with Crippen molar-refractivity contribution in [3.05, 3.63) is 59.8 Å². The van der Waals surface area contributed by atoms with Crippen LogP contribution in [0.4, 0.5) is 13.2 Å². The van der Waals surface area contributed by atoms with Crippen molar-refractivity contribution in [2.45, 2.75) is 6.92 Å². The lowest BCUT2D eigenvalue weighted by Gasteiger charge is -2.12. The molecule has 8 heteroatoms. The third kappa shape index (κ3) is 2.64. The minimum absolute atomic E-state index is 0.127. The fourth-order valence-corrected chi connectivity index (χ4v) is 3.34. The first-order chi connectivity index (χ1) is 12.9. The summed E-state index contributed by atoms with van der Waals surface area (Å²) in [6, 6.07) is 6.14. The van der Waals surface area contributed by atoms with E-state index in [9.17, 15) is 13.2 Å². The number of rotatable bonds is 3. The number of ether oxygens (including phenoxy) is 1. The number of imidazole rings is 1. The number of fused-ring (bicyclic) bond motifs is 1. The van der Waals surface area contributed by atoms with Crippen molar-refractivity contribution in [3.63, 3.8) is 0 Å². The predicted octanol–water partition coefficient (Wildman–Crippen LogP) is 4.16. The highest BCUT2D eigenvalue weighted by Gasteiger charge is 2.23. The molecular weight excluding hydrogens is 357 g/mol. The van der Waals surface area contributed by atoms with Crippen LogP contribution in [0.25, 0.3) is 28.0 Å². The Kier molecular flexibility index (Phi) is 3.91. The molecule has 4 rings (SSSR count). The molecule has 2 aromatic carbocycles. The summed E-state index contributed by atoms with van der Waals surface area (Å²) in [6.07, 6.45) is 1.41. The van der Waals surface area contributed by atoms with Crippen molar-refractivity contribution in [1.29, 1.82) is 0 Å². The molecule has 4 aromatic rings. The van der Waals surface area contributed by atoms with E-state index in [0.717, 1.165) is 12.1 Å². The van der Waals surface area contributed by atoms with E-state index in [0.29, 0.717) is 28.4 Å². The smallest absolute Gasteiger partial charge is 0.152 e. The van der Waals surface area contributed by atoms with Crippen LogP contribution in [0.1, 0.15) is 5.69 Å². The molecule has 27 heavy (non-hydrogen) atoms. The summed E-state index contributed by atoms with van der Waals surface area (Å²) >= 11 is 0. The largest absolute Gasteiger partial charge is 0.496 e. The molecule has 5 nitrogen and oxygen atoms in total. The van der Waals surface area contributed by atoms with Gasteiger partial charge in [0.05, 0.1) is 23.9 Å². The van der Waals surface area contributed by atoms with Crippen molar-refractivity contribution >= 4 is 11.0 Å². The first-order valence-corrected chi connectivity index (χ1v) is 8.10. The Morgan fingerprint density at radius 1 is 1.04 bits per heavy atom. The second kappa shape index (κ2) is 6.15. The van der Waals surface area contributed by atoms with E-state index in [-0.39, 0.29) is 11.0 Å². The molecule has 0 amide bonds. The average Bonchev–Trinajstić information content (AvgIpc) is 3.14. The highest BCUT2D eigenvalue weighted by atomic mass is 19.1. The second-order valence-electron chi connectivity index (χ2n) is 6.12. The summed E-state index contributed by atoms with van der Waals surface area (Å²) in [6.45, 7) is 1.79. The molecule has 0 spiro atoms. The van der Waals surface area contributed by atoms with Gasteiger partial charge in [-0.05, 0) is 19.1 Å². The molecule has 0 unspecified atom stereocenters. The van der Waals surface area contributed by atoms with Gasteiger partial charge in [-0.2, -0.15) is 5.10 Å². The Morgan fingerprint density at radius 2 is 1.81 bits per heavy atom. The fraction of sp³-hybridized carbons (Fsp3) is 0.158. The molecular formula is C19H15F3N4O. The first-order valence-electron chi connectivity index (χ1n) is 8.10. The quantitative estimate of drug-likeness (QED) is 0.542. The maximum atomic E-state index is 14.5. The third-order valence-electron chi connectivity index (χ3n) is 4.41. The van der Waals surface area contributed by atoms with Gasteiger partial charge in [0.2, 0.25) is 0 Å². The molecule has 0 bridgehead atoms. The third-order valence-corrected chi connectivity index (χ3v) is 4.41. The van der Waals surface area contributed by atoms with Crippen LogP contribution < -0.4 is 4.74 Å². The van der Waals surface area contributed by atoms with Crippen LogP contribution in [0, 0.1) is 24.4 Å². The monoisotopic (exact) mass is 372 g/mol. The zero-order valence-electron chi connectivity index (χ0n) is 14.8. The van der Waals surface area contributed by atoms with Gasteiger partial charge in [-0.1, -0.05) is 0 Å². The molecule has 0 aliphatic heterocycles. The van der Waals surface area contributed by atoms with Crippen LogP contribution >= 0.6 is 0 Å². The molecule has 0 saturated heterocycles. The lowest BCUT2D eigenvalue weighted by Crippen LogP contribution is -2.04. The molecule has 138 valence electrons. The summed E-state index contributed by atoms with van der Waals surface area (Å²) in [7, 11) is 3.15. The molecule has 0 N–H and O–H groups in total. The van der Waals surface area contributed by atoms with E-state index in [1.807, 2.05) is 0 Å². The Balaban J connectivity index is 2.05. The average molecular weight is 372 g/mol. The zero-order chi connectivity index (χ0) is 19.3. The Labute approximate surface area is 152 Å². The highest BCUT2D eigenvalue weighted by Crippen LogP contribution is 2.38. The summed E-state index contributed by atoms with van der Waals surface area (Å²) in [4.78, 5) is 4.11. The lowest BCUT2D eigenvalue weighted by molar-refractivity contribution is 0.413. The van der Waals surface area contributed by atoms with Crippen LogP contribution in [0.3, 0.4) is 0 Å². The Morgan fingerprint density at radius 3 is 2.56 bits per heavy atom. The topological polar surface area (TPSA) is 44.9 Å². The number of aromatic nitrogens is 4. The SMILES string of the molecule is COc1cc(F)ccc1-c1c(C)nn(C)c1-n1cnc2cc(F)cc(F)c21. The van der Waals surface area contributed by atoms with E-state index < -0.39 is 17.5 Å². The van der Waals surface area contributed by atoms with E-state index in [2.05, 4.69) is 10.1 Å². The minimum Gasteiger partial charge on any atom is -0.496 e. The molecule has 0 radical (unpaired) electrons. The number of benzene rings is 2. The summed E-state index contributed by atoms with van der Waals surface area (Å²) in [5, 5.41) is 4.42. The van der Waals surface area contributed by atoms with E-state index in [4.69, 9.17) is 4.74 Å². The van der Waals surface area contributed by atoms with Gasteiger partial charge < -0.3 is 4.74 Å². The molecule has 2 aromatic heterocycles. The summed E-state index contributed by atoms with van der Waals surface area (Å²) < 4.78 is 50.0. The van der Waals surface area contributed by atoms with Crippen LogP contribution in [-0.2, 0) is 7.05 Å². The number of aryl methyl sites for hydroxylation is 2. The van der Waals surface area contributed by atoms with Gasteiger partial charge in [0.25, 0.3) is 0 Å². The van der Waals surface area contributed by atoms with Gasteiger partial charge in [-0.3, -0.25) is 9.25 Å². The van der Waals surface area contributed by atoms with E-state index in [1.54, 1.807) is 24.7 Å². The predicted molar refractivity (Wildman–Crippen MR) is 94.4 cm³/mol. The second-order valence-corrected chi connectivity index (χ2v) is 6.12. The van der Waals surface area contributed by atoms with Gasteiger partial charge in [-0.15, -0.1) is 0 Å². The van der Waals surface area contributed by atoms with Gasteiger partial charge in [0.1, 0.15) is 35.0 Å². The fourth-order valence-electron chi connectivity index (χ4n) is 3.34. The minimum atomic E-state index is -0.738. The van der Waals surface area contributed by atoms with Crippen LogP contribution in [0.2, 0.25) is 0 Å². The molecule has 0 saturated carbocycles. The molecule has 0 atom stereocenters. The summed E-state index contributed by atoms with van der Waals surface area (Å²) in [5.41, 5.74) is 2.19. The summed E-state index contributed by atoms with van der Waals surface area (Å²) in [5.74, 6) is -1.05. The van der Waals surface area contributed by atoms with E-state index in [1.165, 1.54) is 30.1 Å². The van der Waals surface area contributed by atoms with Crippen molar-refractivity contribution in [3.8, 4) is 22.7 Å². The van der Waals surface area contributed by atoms with Crippen LogP contribution in [0.15, 0.2) is 36.7 Å². The molecule has 0 fully saturated rings. The maximum Gasteiger partial charge on any atom is 0.152 e. The van der Waals surface area contributed by atoms with Gasteiger partial charge in [0, 0.05) is 30.8 Å². The Bertz CT molecular complexity index is 1180. The van der Waals surface area contributed by atoms with Crippen molar-refractivity contribution in [1.82, 2.24) is 19.3 Å². The number of hydrogen-bond donors (Lipinski definition) is 0.